The van der Waals surface area contributed by atoms with Crippen molar-refractivity contribution in [3.8, 4) is 11.5 Å². The minimum absolute atomic E-state index is 0.533. The van der Waals surface area contributed by atoms with E-state index in [0.29, 0.717) is 21.5 Å². The first-order valence-electron chi connectivity index (χ1n) is 5.40. The Kier molecular flexibility index (Phi) is 4.42. The lowest BCUT2D eigenvalue weighted by Gasteiger charge is -2.08. The van der Waals surface area contributed by atoms with Crippen molar-refractivity contribution in [3.63, 3.8) is 0 Å². The first kappa shape index (κ1) is 13.1. The summed E-state index contributed by atoms with van der Waals surface area (Å²) in [5.74, 6) is 1.24. The monoisotopic (exact) mass is 282 g/mol. The van der Waals surface area contributed by atoms with Crippen LogP contribution in [0.1, 0.15) is 5.56 Å². The molecule has 0 aliphatic heterocycles. The van der Waals surface area contributed by atoms with Crippen molar-refractivity contribution < 1.29 is 4.74 Å². The Bertz CT molecular complexity index is 546. The van der Waals surface area contributed by atoms with Crippen LogP contribution in [0.3, 0.4) is 0 Å². The van der Waals surface area contributed by atoms with Gasteiger partial charge in [0.2, 0.25) is 0 Å². The fourth-order valence-corrected chi connectivity index (χ4v) is 1.91. The maximum atomic E-state index is 6.14. The van der Waals surface area contributed by atoms with Crippen molar-refractivity contribution >= 4 is 23.2 Å². The summed E-state index contributed by atoms with van der Waals surface area (Å²) in [6.07, 6.45) is 3.15. The van der Waals surface area contributed by atoms with Gasteiger partial charge < -0.3 is 10.1 Å². The summed E-state index contributed by atoms with van der Waals surface area (Å²) >= 11 is 12.0. The Morgan fingerprint density at radius 3 is 2.67 bits per heavy atom. The molecule has 0 amide bonds. The van der Waals surface area contributed by atoms with E-state index >= 15 is 0 Å². The van der Waals surface area contributed by atoms with Crippen LogP contribution < -0.4 is 10.1 Å². The summed E-state index contributed by atoms with van der Waals surface area (Å²) < 4.78 is 5.62. The number of hydrogen-bond acceptors (Lipinski definition) is 3. The van der Waals surface area contributed by atoms with Crippen LogP contribution in [-0.2, 0) is 6.54 Å². The number of ether oxygens (including phenoxy) is 1. The van der Waals surface area contributed by atoms with Crippen molar-refractivity contribution in [3.05, 3.63) is 52.3 Å². The van der Waals surface area contributed by atoms with Crippen LogP contribution in [-0.4, -0.2) is 12.0 Å². The highest BCUT2D eigenvalue weighted by atomic mass is 35.5. The van der Waals surface area contributed by atoms with Crippen molar-refractivity contribution in [2.24, 2.45) is 0 Å². The van der Waals surface area contributed by atoms with Crippen LogP contribution in [0.4, 0.5) is 0 Å². The van der Waals surface area contributed by atoms with Crippen LogP contribution in [0.5, 0.6) is 11.5 Å². The molecule has 0 fully saturated rings. The standard InChI is InChI=1S/C13H12Cl2N2O/c1-16-6-9-2-3-11(5-13(9)15)18-12-4-10(14)7-17-8-12/h2-5,7-8,16H,6H2,1H3. The van der Waals surface area contributed by atoms with E-state index in [1.807, 2.05) is 19.2 Å². The zero-order chi connectivity index (χ0) is 13.0. The van der Waals surface area contributed by atoms with Crippen LogP contribution in [0, 0.1) is 0 Å². The van der Waals surface area contributed by atoms with Crippen LogP contribution in [0.15, 0.2) is 36.7 Å². The summed E-state index contributed by atoms with van der Waals surface area (Å²) in [5.41, 5.74) is 1.02. The lowest BCUT2D eigenvalue weighted by molar-refractivity contribution is 0.480. The van der Waals surface area contributed by atoms with Gasteiger partial charge >= 0.3 is 0 Å². The Balaban J connectivity index is 2.17. The number of rotatable bonds is 4. The van der Waals surface area contributed by atoms with Crippen molar-refractivity contribution in [2.45, 2.75) is 6.54 Å². The smallest absolute Gasteiger partial charge is 0.147 e. The second-order valence-corrected chi connectivity index (χ2v) is 4.57. The third-order valence-electron chi connectivity index (χ3n) is 2.31. The van der Waals surface area contributed by atoms with Crippen molar-refractivity contribution in [1.29, 1.82) is 0 Å². The van der Waals surface area contributed by atoms with E-state index in [1.165, 1.54) is 0 Å². The van der Waals surface area contributed by atoms with Crippen LogP contribution in [0.25, 0.3) is 0 Å². The third kappa shape index (κ3) is 3.35. The van der Waals surface area contributed by atoms with Crippen molar-refractivity contribution in [2.75, 3.05) is 7.05 Å². The van der Waals surface area contributed by atoms with Gasteiger partial charge in [0.25, 0.3) is 0 Å². The molecular weight excluding hydrogens is 271 g/mol. The molecule has 0 bridgehead atoms. The van der Waals surface area contributed by atoms with Gasteiger partial charge in [0.1, 0.15) is 11.5 Å². The molecule has 0 aliphatic carbocycles. The maximum Gasteiger partial charge on any atom is 0.147 e. The van der Waals surface area contributed by atoms with Crippen molar-refractivity contribution in [1.82, 2.24) is 10.3 Å². The van der Waals surface area contributed by atoms with E-state index in [-0.39, 0.29) is 0 Å². The van der Waals surface area contributed by atoms with Crippen LogP contribution >= 0.6 is 23.2 Å². The normalized spacial score (nSPS) is 10.4. The highest BCUT2D eigenvalue weighted by molar-refractivity contribution is 6.31. The fourth-order valence-electron chi connectivity index (χ4n) is 1.51. The van der Waals surface area contributed by atoms with E-state index in [9.17, 15) is 0 Å². The summed E-state index contributed by atoms with van der Waals surface area (Å²) in [4.78, 5) is 3.95. The number of pyridine rings is 1. The van der Waals surface area contributed by atoms with E-state index in [1.54, 1.807) is 24.5 Å². The van der Waals surface area contributed by atoms with E-state index in [4.69, 9.17) is 27.9 Å². The molecule has 0 saturated carbocycles. The Hall–Kier alpha value is -1.29. The molecule has 0 spiro atoms. The lowest BCUT2D eigenvalue weighted by atomic mass is 10.2. The topological polar surface area (TPSA) is 34.1 Å². The molecule has 2 aromatic rings. The first-order valence-corrected chi connectivity index (χ1v) is 6.16. The average molecular weight is 283 g/mol. The quantitative estimate of drug-likeness (QED) is 0.924. The molecule has 94 valence electrons. The SMILES string of the molecule is CNCc1ccc(Oc2cncc(Cl)c2)cc1Cl. The average Bonchev–Trinajstić information content (AvgIpc) is 2.33. The predicted octanol–water partition coefficient (Wildman–Crippen LogP) is 3.90. The molecule has 1 aromatic heterocycles. The van der Waals surface area contributed by atoms with Gasteiger partial charge in [-0.25, -0.2) is 0 Å². The summed E-state index contributed by atoms with van der Waals surface area (Å²) in [6, 6.07) is 7.25. The minimum Gasteiger partial charge on any atom is -0.456 e. The first-order chi connectivity index (χ1) is 8.69. The number of hydrogen-bond donors (Lipinski definition) is 1. The summed E-state index contributed by atoms with van der Waals surface area (Å²) in [7, 11) is 1.87. The Morgan fingerprint density at radius 1 is 1.17 bits per heavy atom. The number of aromatic nitrogens is 1. The fraction of sp³-hybridized carbons (Fsp3) is 0.154. The number of benzene rings is 1. The zero-order valence-corrected chi connectivity index (χ0v) is 11.3. The molecule has 0 radical (unpaired) electrons. The third-order valence-corrected chi connectivity index (χ3v) is 2.87. The molecule has 1 aromatic carbocycles. The second-order valence-electron chi connectivity index (χ2n) is 3.72. The molecule has 0 saturated heterocycles. The van der Waals surface area contributed by atoms with Crippen LogP contribution in [0.2, 0.25) is 10.0 Å². The summed E-state index contributed by atoms with van der Waals surface area (Å²) in [6.45, 7) is 0.720. The van der Waals surface area contributed by atoms with E-state index < -0.39 is 0 Å². The zero-order valence-electron chi connectivity index (χ0n) is 9.78. The lowest BCUT2D eigenvalue weighted by Crippen LogP contribution is -2.05. The number of halogens is 2. The van der Waals surface area contributed by atoms with E-state index in [0.717, 1.165) is 12.1 Å². The number of nitrogens with zero attached hydrogens (tertiary/aromatic N) is 1. The molecule has 1 N–H and O–H groups in total. The molecular formula is C13H12Cl2N2O. The highest BCUT2D eigenvalue weighted by Gasteiger charge is 2.03. The van der Waals surface area contributed by atoms with Gasteiger partial charge in [-0.2, -0.15) is 0 Å². The Morgan fingerprint density at radius 2 is 2.00 bits per heavy atom. The predicted molar refractivity (Wildman–Crippen MR) is 73.5 cm³/mol. The van der Waals surface area contributed by atoms with Gasteiger partial charge in [0.05, 0.1) is 11.2 Å². The van der Waals surface area contributed by atoms with Gasteiger partial charge in [-0.15, -0.1) is 0 Å². The molecule has 3 nitrogen and oxygen atoms in total. The van der Waals surface area contributed by atoms with Gasteiger partial charge in [0, 0.05) is 23.8 Å². The summed E-state index contributed by atoms with van der Waals surface area (Å²) in [5, 5.41) is 4.25. The minimum atomic E-state index is 0.533. The van der Waals surface area contributed by atoms with Gasteiger partial charge in [-0.05, 0) is 24.7 Å². The molecule has 0 unspecified atom stereocenters. The number of nitrogens with one attached hydrogen (secondary N) is 1. The molecule has 18 heavy (non-hydrogen) atoms. The maximum absolute atomic E-state index is 6.14. The largest absolute Gasteiger partial charge is 0.456 e. The van der Waals surface area contributed by atoms with Gasteiger partial charge in [-0.1, -0.05) is 29.3 Å². The molecule has 2 rings (SSSR count). The molecule has 5 heteroatoms. The van der Waals surface area contributed by atoms with Gasteiger partial charge in [-0.3, -0.25) is 4.98 Å². The molecule has 0 aliphatic rings. The molecule has 1 heterocycles. The van der Waals surface area contributed by atoms with Gasteiger partial charge in [0.15, 0.2) is 0 Å². The second kappa shape index (κ2) is 6.05. The molecule has 0 atom stereocenters. The Labute approximate surface area is 116 Å². The highest BCUT2D eigenvalue weighted by Crippen LogP contribution is 2.27. The van der Waals surface area contributed by atoms with E-state index in [2.05, 4.69) is 10.3 Å².